The van der Waals surface area contributed by atoms with Gasteiger partial charge in [0.05, 0.1) is 17.1 Å². The van der Waals surface area contributed by atoms with E-state index in [1.54, 1.807) is 24.3 Å². The number of fused-ring (bicyclic) bond motifs is 1. The third-order valence-electron chi connectivity index (χ3n) is 3.96. The van der Waals surface area contributed by atoms with Crippen molar-refractivity contribution >= 4 is 70.4 Å². The van der Waals surface area contributed by atoms with Crippen molar-refractivity contribution in [3.63, 3.8) is 0 Å². The predicted octanol–water partition coefficient (Wildman–Crippen LogP) is 4.98. The summed E-state index contributed by atoms with van der Waals surface area (Å²) in [5, 5.41) is 1.99. The molecule has 0 radical (unpaired) electrons. The first-order chi connectivity index (χ1) is 13.9. The molecule has 0 bridgehead atoms. The molecule has 150 valence electrons. The van der Waals surface area contributed by atoms with Gasteiger partial charge in [-0.15, -0.1) is 0 Å². The molecule has 0 saturated heterocycles. The Morgan fingerprint density at radius 1 is 0.897 bits per heavy atom. The minimum Gasteiger partial charge on any atom is -0.496 e. The van der Waals surface area contributed by atoms with Gasteiger partial charge in [-0.1, -0.05) is 44.0 Å². The fourth-order valence-corrected chi connectivity index (χ4v) is 3.93. The predicted molar refractivity (Wildman–Crippen MR) is 121 cm³/mol. The lowest BCUT2D eigenvalue weighted by Crippen LogP contribution is -2.43. The van der Waals surface area contributed by atoms with E-state index in [4.69, 9.17) is 9.47 Å². The zero-order valence-electron chi connectivity index (χ0n) is 15.1. The Balaban J connectivity index is 1.60. The first-order valence-corrected chi connectivity index (χ1v) is 10.7. The Kier molecular flexibility index (Phi) is 7.15. The van der Waals surface area contributed by atoms with Gasteiger partial charge in [0.25, 0.3) is 11.8 Å². The van der Waals surface area contributed by atoms with Gasteiger partial charge in [0.15, 0.2) is 6.61 Å². The number of methoxy groups -OCH3 is 1. The number of ether oxygens (including phenoxy) is 2. The van der Waals surface area contributed by atoms with E-state index in [1.807, 2.05) is 24.3 Å². The smallest absolute Gasteiger partial charge is 0.276 e. The zero-order chi connectivity index (χ0) is 21.0. The van der Waals surface area contributed by atoms with Crippen molar-refractivity contribution in [2.24, 2.45) is 0 Å². The summed E-state index contributed by atoms with van der Waals surface area (Å²) >= 11 is 10.3. The van der Waals surface area contributed by atoms with Gasteiger partial charge in [-0.2, -0.15) is 0 Å². The van der Waals surface area contributed by atoms with E-state index in [1.165, 1.54) is 7.11 Å². The quantitative estimate of drug-likeness (QED) is 0.414. The Morgan fingerprint density at radius 2 is 1.59 bits per heavy atom. The normalized spacial score (nSPS) is 10.5. The number of halogens is 3. The Bertz CT molecular complexity index is 1090. The summed E-state index contributed by atoms with van der Waals surface area (Å²) in [4.78, 5) is 24.4. The SMILES string of the molecule is COc1ccc(Br)cc1C(=O)NNC(=O)COc1ccc2cc(Br)ccc2c1Br. The first kappa shape index (κ1) is 21.6. The molecule has 3 aromatic rings. The molecule has 2 amide bonds. The van der Waals surface area contributed by atoms with Crippen molar-refractivity contribution < 1.29 is 19.1 Å². The number of benzene rings is 3. The zero-order valence-corrected chi connectivity index (χ0v) is 19.9. The molecule has 3 aromatic carbocycles. The third-order valence-corrected chi connectivity index (χ3v) is 5.77. The van der Waals surface area contributed by atoms with Crippen LogP contribution in [0.3, 0.4) is 0 Å². The van der Waals surface area contributed by atoms with Crippen molar-refractivity contribution in [1.29, 1.82) is 0 Å². The lowest BCUT2D eigenvalue weighted by Gasteiger charge is -2.12. The van der Waals surface area contributed by atoms with Crippen molar-refractivity contribution in [2.45, 2.75) is 0 Å². The Hall–Kier alpha value is -2.10. The van der Waals surface area contributed by atoms with Crippen LogP contribution in [0.2, 0.25) is 0 Å². The van der Waals surface area contributed by atoms with Crippen LogP contribution in [0.15, 0.2) is 61.9 Å². The van der Waals surface area contributed by atoms with Crippen molar-refractivity contribution in [3.8, 4) is 11.5 Å². The van der Waals surface area contributed by atoms with Gasteiger partial charge >= 0.3 is 0 Å². The molecule has 0 heterocycles. The third kappa shape index (κ3) is 5.29. The van der Waals surface area contributed by atoms with Crippen LogP contribution >= 0.6 is 47.8 Å². The van der Waals surface area contributed by atoms with Gasteiger partial charge in [-0.05, 0) is 63.1 Å². The molecule has 0 aliphatic rings. The first-order valence-electron chi connectivity index (χ1n) is 8.32. The van der Waals surface area contributed by atoms with Crippen LogP contribution in [0.5, 0.6) is 11.5 Å². The van der Waals surface area contributed by atoms with E-state index < -0.39 is 11.8 Å². The van der Waals surface area contributed by atoms with Crippen molar-refractivity contribution in [1.82, 2.24) is 10.9 Å². The molecule has 0 aliphatic carbocycles. The highest BCUT2D eigenvalue weighted by atomic mass is 79.9. The van der Waals surface area contributed by atoms with Gasteiger partial charge in [-0.25, -0.2) is 0 Å². The highest BCUT2D eigenvalue weighted by Gasteiger charge is 2.14. The summed E-state index contributed by atoms with van der Waals surface area (Å²) in [6, 6.07) is 14.5. The minimum atomic E-state index is -0.506. The van der Waals surface area contributed by atoms with E-state index in [-0.39, 0.29) is 12.2 Å². The van der Waals surface area contributed by atoms with Crippen LogP contribution < -0.4 is 20.3 Å². The number of hydrogen-bond acceptors (Lipinski definition) is 4. The molecule has 9 heteroatoms. The number of amides is 2. The fraction of sp³-hybridized carbons (Fsp3) is 0.100. The lowest BCUT2D eigenvalue weighted by atomic mass is 10.1. The number of rotatable bonds is 5. The fourth-order valence-electron chi connectivity index (χ4n) is 2.59. The standard InChI is InChI=1S/C20H15Br3N2O4/c1-28-16-7-4-13(22)9-15(16)20(27)25-24-18(26)10-29-17-6-2-11-8-12(21)3-5-14(11)19(17)23/h2-9H,10H2,1H3,(H,24,26)(H,25,27). The van der Waals surface area contributed by atoms with Crippen LogP contribution in [0.1, 0.15) is 10.4 Å². The summed E-state index contributed by atoms with van der Waals surface area (Å²) < 4.78 is 13.2. The number of hydrogen-bond donors (Lipinski definition) is 2. The minimum absolute atomic E-state index is 0.267. The van der Waals surface area contributed by atoms with E-state index in [9.17, 15) is 9.59 Å². The molecule has 0 fully saturated rings. The largest absolute Gasteiger partial charge is 0.496 e. The number of nitrogens with one attached hydrogen (secondary N) is 2. The monoisotopic (exact) mass is 584 g/mol. The second-order valence-corrected chi connectivity index (χ2v) is 8.50. The second-order valence-electron chi connectivity index (χ2n) is 5.88. The van der Waals surface area contributed by atoms with E-state index in [2.05, 4.69) is 58.6 Å². The summed E-state index contributed by atoms with van der Waals surface area (Å²) in [7, 11) is 1.46. The molecule has 0 unspecified atom stereocenters. The van der Waals surface area contributed by atoms with Crippen LogP contribution in [-0.4, -0.2) is 25.5 Å². The maximum Gasteiger partial charge on any atom is 0.276 e. The topological polar surface area (TPSA) is 76.7 Å². The number of hydrazine groups is 1. The van der Waals surface area contributed by atoms with Gasteiger partial charge in [0.1, 0.15) is 11.5 Å². The summed E-state index contributed by atoms with van der Waals surface area (Å²) in [5.41, 5.74) is 4.97. The molecule has 6 nitrogen and oxygen atoms in total. The highest BCUT2D eigenvalue weighted by Crippen LogP contribution is 2.34. The van der Waals surface area contributed by atoms with Crippen LogP contribution in [-0.2, 0) is 4.79 Å². The lowest BCUT2D eigenvalue weighted by molar-refractivity contribution is -0.123. The number of carbonyl (C=O) groups excluding carboxylic acids is 2. The second kappa shape index (κ2) is 9.60. The highest BCUT2D eigenvalue weighted by molar-refractivity contribution is 9.11. The summed E-state index contributed by atoms with van der Waals surface area (Å²) in [6.45, 7) is -0.267. The average Bonchev–Trinajstić information content (AvgIpc) is 2.71. The van der Waals surface area contributed by atoms with Gasteiger partial charge in [0, 0.05) is 8.95 Å². The van der Waals surface area contributed by atoms with E-state index >= 15 is 0 Å². The van der Waals surface area contributed by atoms with Gasteiger partial charge in [-0.3, -0.25) is 20.4 Å². The molecule has 2 N–H and O–H groups in total. The molecule has 3 rings (SSSR count). The Morgan fingerprint density at radius 3 is 2.34 bits per heavy atom. The molecular formula is C20H15Br3N2O4. The van der Waals surface area contributed by atoms with Crippen molar-refractivity contribution in [3.05, 3.63) is 67.5 Å². The van der Waals surface area contributed by atoms with Crippen molar-refractivity contribution in [2.75, 3.05) is 13.7 Å². The van der Waals surface area contributed by atoms with Crippen LogP contribution in [0.4, 0.5) is 0 Å². The maximum absolute atomic E-state index is 12.3. The number of carbonyl (C=O) groups is 2. The van der Waals surface area contributed by atoms with Crippen LogP contribution in [0.25, 0.3) is 10.8 Å². The maximum atomic E-state index is 12.3. The van der Waals surface area contributed by atoms with Gasteiger partial charge in [0.2, 0.25) is 0 Å². The van der Waals surface area contributed by atoms with E-state index in [0.29, 0.717) is 16.0 Å². The van der Waals surface area contributed by atoms with Crippen LogP contribution in [0, 0.1) is 0 Å². The molecule has 0 aromatic heterocycles. The molecule has 0 atom stereocenters. The van der Waals surface area contributed by atoms with Gasteiger partial charge < -0.3 is 9.47 Å². The summed E-state index contributed by atoms with van der Waals surface area (Å²) in [6.07, 6.45) is 0. The molecular weight excluding hydrogens is 572 g/mol. The summed E-state index contributed by atoms with van der Waals surface area (Å²) in [5.74, 6) is -0.0954. The van der Waals surface area contributed by atoms with E-state index in [0.717, 1.165) is 19.7 Å². The molecule has 0 saturated carbocycles. The molecule has 0 spiro atoms. The average molecular weight is 587 g/mol. The molecule has 0 aliphatic heterocycles. The molecule has 29 heavy (non-hydrogen) atoms. The Labute approximate surface area is 192 Å².